The summed E-state index contributed by atoms with van der Waals surface area (Å²) in [5, 5.41) is 11.4. The number of ether oxygens (including phenoxy) is 1. The lowest BCUT2D eigenvalue weighted by molar-refractivity contribution is -0.201. The Morgan fingerprint density at radius 1 is 1.18 bits per heavy atom. The smallest absolute Gasteiger partial charge is 0.435 e. The largest absolute Gasteiger partial charge is 0.497 e. The summed E-state index contributed by atoms with van der Waals surface area (Å²) < 4.78 is 48.8. The van der Waals surface area contributed by atoms with Gasteiger partial charge in [-0.05, 0) is 24.3 Å². The molecule has 142 valence electrons. The monoisotopic (exact) mass is 403 g/mol. The van der Waals surface area contributed by atoms with Gasteiger partial charge in [-0.3, -0.25) is 9.69 Å². The molecule has 2 aliphatic heterocycles. The molecule has 2 aliphatic rings. The number of halogens is 3. The molecule has 0 saturated heterocycles. The third kappa shape index (κ3) is 2.38. The van der Waals surface area contributed by atoms with Crippen LogP contribution in [0.4, 0.5) is 18.9 Å². The number of benzene rings is 2. The zero-order chi connectivity index (χ0) is 20.1. The number of rotatable bonds is 2. The van der Waals surface area contributed by atoms with Gasteiger partial charge in [-0.2, -0.15) is 18.4 Å². The number of hydrogen-bond acceptors (Lipinski definition) is 5. The van der Waals surface area contributed by atoms with Crippen molar-refractivity contribution in [2.45, 2.75) is 16.7 Å². The third-order valence-corrected chi connectivity index (χ3v) is 5.76. The number of nitriles is 1. The molecule has 0 saturated carbocycles. The number of thioether (sulfide) groups is 1. The number of fused-ring (bicyclic) bond motifs is 3. The van der Waals surface area contributed by atoms with Gasteiger partial charge in [0, 0.05) is 10.5 Å². The van der Waals surface area contributed by atoms with E-state index in [1.165, 1.54) is 37.4 Å². The van der Waals surface area contributed by atoms with Gasteiger partial charge in [-0.15, -0.1) is 0 Å². The lowest BCUT2D eigenvalue weighted by atomic mass is 9.92. The highest BCUT2D eigenvalue weighted by atomic mass is 32.2. The van der Waals surface area contributed by atoms with Crippen molar-refractivity contribution in [2.24, 2.45) is 0 Å². The van der Waals surface area contributed by atoms with Crippen molar-refractivity contribution in [1.29, 1.82) is 5.26 Å². The number of hydrogen-bond donors (Lipinski definition) is 1. The quantitative estimate of drug-likeness (QED) is 0.824. The van der Waals surface area contributed by atoms with Crippen molar-refractivity contribution in [3.8, 4) is 11.8 Å². The Morgan fingerprint density at radius 3 is 2.46 bits per heavy atom. The van der Waals surface area contributed by atoms with E-state index in [2.05, 4.69) is 5.32 Å². The van der Waals surface area contributed by atoms with Crippen LogP contribution >= 0.6 is 11.8 Å². The molecule has 1 amide bonds. The van der Waals surface area contributed by atoms with Gasteiger partial charge < -0.3 is 10.1 Å². The molecule has 1 atom stereocenters. The lowest BCUT2D eigenvalue weighted by Crippen LogP contribution is -2.68. The number of alkyl halides is 3. The molecule has 28 heavy (non-hydrogen) atoms. The summed E-state index contributed by atoms with van der Waals surface area (Å²) in [4.78, 5) is 14.0. The number of methoxy groups -OCH3 is 1. The van der Waals surface area contributed by atoms with Gasteiger partial charge in [0.25, 0.3) is 5.91 Å². The fourth-order valence-corrected chi connectivity index (χ4v) is 4.54. The van der Waals surface area contributed by atoms with Crippen molar-refractivity contribution in [1.82, 2.24) is 5.32 Å². The molecule has 4 rings (SSSR count). The Morgan fingerprint density at radius 2 is 1.86 bits per heavy atom. The molecule has 0 aliphatic carbocycles. The van der Waals surface area contributed by atoms with E-state index < -0.39 is 17.7 Å². The maximum atomic E-state index is 14.6. The first kappa shape index (κ1) is 18.3. The van der Waals surface area contributed by atoms with Crippen molar-refractivity contribution in [3.63, 3.8) is 0 Å². The van der Waals surface area contributed by atoms with E-state index in [0.717, 1.165) is 16.7 Å². The van der Waals surface area contributed by atoms with Gasteiger partial charge >= 0.3 is 6.18 Å². The highest BCUT2D eigenvalue weighted by molar-refractivity contribution is 8.03. The normalized spacial score (nSPS) is 21.0. The van der Waals surface area contributed by atoms with Crippen LogP contribution in [-0.4, -0.2) is 19.2 Å². The molecule has 0 radical (unpaired) electrons. The molecule has 9 heteroatoms. The van der Waals surface area contributed by atoms with E-state index in [-0.39, 0.29) is 21.9 Å². The zero-order valence-electron chi connectivity index (χ0n) is 14.4. The molecule has 1 N–H and O–H groups in total. The average molecular weight is 403 g/mol. The highest BCUT2D eigenvalue weighted by Gasteiger charge is 2.66. The maximum absolute atomic E-state index is 14.6. The molecule has 0 spiro atoms. The summed E-state index contributed by atoms with van der Waals surface area (Å²) in [5.74, 6) is -0.685. The number of carbonyl (C=O) groups excluding carboxylic acids is 1. The topological polar surface area (TPSA) is 65.4 Å². The summed E-state index contributed by atoms with van der Waals surface area (Å²) in [6.07, 6.45) is -4.89. The van der Waals surface area contributed by atoms with Crippen LogP contribution in [0, 0.1) is 11.3 Å². The van der Waals surface area contributed by atoms with Crippen molar-refractivity contribution in [2.75, 3.05) is 12.0 Å². The van der Waals surface area contributed by atoms with Gasteiger partial charge in [-0.1, -0.05) is 36.0 Å². The first-order valence-electron chi connectivity index (χ1n) is 8.08. The number of anilines is 1. The van der Waals surface area contributed by atoms with E-state index in [1.807, 2.05) is 0 Å². The van der Waals surface area contributed by atoms with Crippen LogP contribution in [0.5, 0.6) is 5.75 Å². The molecular weight excluding hydrogens is 391 g/mol. The molecule has 0 unspecified atom stereocenters. The zero-order valence-corrected chi connectivity index (χ0v) is 15.2. The fourth-order valence-electron chi connectivity index (χ4n) is 3.36. The number of para-hydroxylation sites is 1. The first-order valence-corrected chi connectivity index (χ1v) is 8.90. The Kier molecular flexibility index (Phi) is 4.05. The second-order valence-electron chi connectivity index (χ2n) is 6.09. The summed E-state index contributed by atoms with van der Waals surface area (Å²) >= 11 is 0.975. The van der Waals surface area contributed by atoms with Crippen LogP contribution in [-0.2, 0) is 10.5 Å². The van der Waals surface area contributed by atoms with Crippen molar-refractivity contribution in [3.05, 3.63) is 64.7 Å². The molecule has 2 heterocycles. The van der Waals surface area contributed by atoms with Gasteiger partial charge in [0.15, 0.2) is 0 Å². The van der Waals surface area contributed by atoms with Crippen LogP contribution < -0.4 is 15.0 Å². The molecule has 0 bridgehead atoms. The molecule has 2 aromatic rings. The van der Waals surface area contributed by atoms with E-state index in [0.29, 0.717) is 10.6 Å². The minimum Gasteiger partial charge on any atom is -0.497 e. The number of amides is 1. The van der Waals surface area contributed by atoms with Gasteiger partial charge in [0.2, 0.25) is 5.66 Å². The Labute approximate surface area is 162 Å². The first-order chi connectivity index (χ1) is 13.3. The summed E-state index contributed by atoms with van der Waals surface area (Å²) in [6.45, 7) is 0. The molecule has 5 nitrogen and oxygen atoms in total. The molecule has 0 fully saturated rings. The minimum absolute atomic E-state index is 0.0411. The van der Waals surface area contributed by atoms with Crippen molar-refractivity contribution >= 4 is 23.4 Å². The molecular formula is C19H12F3N3O2S. The fraction of sp³-hybridized carbons (Fsp3) is 0.158. The van der Waals surface area contributed by atoms with Crippen LogP contribution in [0.3, 0.4) is 0 Å². The average Bonchev–Trinajstić information content (AvgIpc) is 3.06. The van der Waals surface area contributed by atoms with E-state index in [4.69, 9.17) is 4.74 Å². The van der Waals surface area contributed by atoms with Gasteiger partial charge in [-0.25, -0.2) is 0 Å². The Hall–Kier alpha value is -3.12. The Balaban J connectivity index is 2.05. The third-order valence-electron chi connectivity index (χ3n) is 4.62. The Bertz CT molecular complexity index is 1040. The molecule has 0 aromatic heterocycles. The van der Waals surface area contributed by atoms with Crippen LogP contribution in [0.15, 0.2) is 64.0 Å². The second kappa shape index (κ2) is 6.21. The van der Waals surface area contributed by atoms with Crippen molar-refractivity contribution < 1.29 is 22.7 Å². The number of carbonyl (C=O) groups is 1. The minimum atomic E-state index is -4.89. The molecule has 2 aromatic carbocycles. The SMILES string of the molecule is COc1ccc([C@@]2(C(F)(F)F)NC(=O)C(C#N)=C3Sc4ccccc4N32)cc1. The van der Waals surface area contributed by atoms with Gasteiger partial charge in [0.1, 0.15) is 22.4 Å². The summed E-state index contributed by atoms with van der Waals surface area (Å²) in [6, 6.07) is 13.5. The summed E-state index contributed by atoms with van der Waals surface area (Å²) in [7, 11) is 1.41. The number of nitrogens with zero attached hydrogens (tertiary/aromatic N) is 2. The highest BCUT2D eigenvalue weighted by Crippen LogP contribution is 2.57. The lowest BCUT2D eigenvalue weighted by Gasteiger charge is -2.47. The predicted molar refractivity (Wildman–Crippen MR) is 96.3 cm³/mol. The summed E-state index contributed by atoms with van der Waals surface area (Å²) in [5.41, 5.74) is -3.13. The van der Waals surface area contributed by atoms with Crippen LogP contribution in [0.2, 0.25) is 0 Å². The standard InChI is InChI=1S/C19H12F3N3O2S/c1-27-12-8-6-11(7-9-12)18(19(20,21)22)24-16(26)13(10-23)17-25(18)14-4-2-3-5-15(14)28-17/h2-9H,1H3,(H,24,26)/t18-/m1/s1. The number of nitrogens with one attached hydrogen (secondary N) is 1. The van der Waals surface area contributed by atoms with E-state index in [9.17, 15) is 23.2 Å². The maximum Gasteiger partial charge on any atom is 0.435 e. The van der Waals surface area contributed by atoms with Crippen LogP contribution in [0.1, 0.15) is 5.56 Å². The second-order valence-corrected chi connectivity index (χ2v) is 7.12. The van der Waals surface area contributed by atoms with Gasteiger partial charge in [0.05, 0.1) is 12.8 Å². The predicted octanol–water partition coefficient (Wildman–Crippen LogP) is 3.89. The van der Waals surface area contributed by atoms with E-state index in [1.54, 1.807) is 24.3 Å². The van der Waals surface area contributed by atoms with E-state index >= 15 is 0 Å². The van der Waals surface area contributed by atoms with Crippen LogP contribution in [0.25, 0.3) is 0 Å².